The summed E-state index contributed by atoms with van der Waals surface area (Å²) in [5, 5.41) is 6.40. The molecular weight excluding hydrogens is 396 g/mol. The summed E-state index contributed by atoms with van der Waals surface area (Å²) in [5.74, 6) is 0.810. The van der Waals surface area contributed by atoms with Crippen molar-refractivity contribution in [2.24, 2.45) is 0 Å². The van der Waals surface area contributed by atoms with Crippen LogP contribution in [0.3, 0.4) is 0 Å². The Morgan fingerprint density at radius 1 is 1.10 bits per heavy atom. The predicted octanol–water partition coefficient (Wildman–Crippen LogP) is 3.06. The van der Waals surface area contributed by atoms with Crippen LogP contribution in [-0.2, 0) is 4.79 Å². The summed E-state index contributed by atoms with van der Waals surface area (Å²) in [6.45, 7) is 8.38. The lowest BCUT2D eigenvalue weighted by atomic mass is 10.0. The minimum atomic E-state index is 0.0256. The third-order valence-corrected chi connectivity index (χ3v) is 6.45. The van der Waals surface area contributed by atoms with Gasteiger partial charge in [0.05, 0.1) is 5.39 Å². The number of hydrazine groups is 1. The monoisotopic (exact) mass is 424 g/mol. The molecule has 1 aliphatic rings. The van der Waals surface area contributed by atoms with Crippen LogP contribution >= 0.6 is 11.3 Å². The average Bonchev–Trinajstić information content (AvgIpc) is 3.07. The number of rotatable bonds is 6. The fraction of sp³-hybridized carbons (Fsp3) is 0.409. The Balaban J connectivity index is 1.45. The number of nitrogens with one attached hydrogen (secondary N) is 2. The van der Waals surface area contributed by atoms with Crippen molar-refractivity contribution >= 4 is 33.3 Å². The summed E-state index contributed by atoms with van der Waals surface area (Å²) in [4.78, 5) is 25.7. The van der Waals surface area contributed by atoms with E-state index in [1.54, 1.807) is 17.7 Å². The summed E-state index contributed by atoms with van der Waals surface area (Å²) < 4.78 is 0. The summed E-state index contributed by atoms with van der Waals surface area (Å²) in [6, 6.07) is 8.53. The summed E-state index contributed by atoms with van der Waals surface area (Å²) >= 11 is 1.67. The van der Waals surface area contributed by atoms with Crippen LogP contribution in [0.1, 0.15) is 16.9 Å². The molecule has 0 aliphatic carbocycles. The zero-order valence-electron chi connectivity index (χ0n) is 17.7. The number of hydrogen-bond donors (Lipinski definition) is 2. The molecule has 0 radical (unpaired) electrons. The average molecular weight is 425 g/mol. The van der Waals surface area contributed by atoms with Crippen LogP contribution in [0.25, 0.3) is 21.3 Å². The molecule has 0 unspecified atom stereocenters. The van der Waals surface area contributed by atoms with Crippen molar-refractivity contribution in [2.75, 3.05) is 45.1 Å². The number of aromatic nitrogens is 2. The summed E-state index contributed by atoms with van der Waals surface area (Å²) in [7, 11) is 2.10. The van der Waals surface area contributed by atoms with Crippen molar-refractivity contribution in [3.05, 3.63) is 41.0 Å². The SMILES string of the molecule is Cc1ccc(-c2c(C)sc3ncnc(NCCC(=O)NN4CCN(C)CC4)c23)cc1. The number of fused-ring (bicyclic) bond motifs is 1. The molecule has 158 valence electrons. The van der Waals surface area contributed by atoms with E-state index in [1.807, 2.05) is 5.01 Å². The van der Waals surface area contributed by atoms with E-state index in [0.29, 0.717) is 13.0 Å². The van der Waals surface area contributed by atoms with Gasteiger partial charge in [-0.25, -0.2) is 15.0 Å². The molecule has 1 aromatic carbocycles. The highest BCUT2D eigenvalue weighted by Crippen LogP contribution is 2.40. The van der Waals surface area contributed by atoms with Crippen LogP contribution in [0, 0.1) is 13.8 Å². The lowest BCUT2D eigenvalue weighted by Crippen LogP contribution is -2.52. The molecule has 7 nitrogen and oxygen atoms in total. The highest BCUT2D eigenvalue weighted by molar-refractivity contribution is 7.19. The quantitative estimate of drug-likeness (QED) is 0.634. The van der Waals surface area contributed by atoms with Gasteiger partial charge >= 0.3 is 0 Å². The van der Waals surface area contributed by atoms with E-state index in [1.165, 1.54) is 16.0 Å². The topological polar surface area (TPSA) is 73.4 Å². The van der Waals surface area contributed by atoms with Crippen molar-refractivity contribution in [1.29, 1.82) is 0 Å². The van der Waals surface area contributed by atoms with Crippen LogP contribution < -0.4 is 10.7 Å². The standard InChI is InChI=1S/C22H28N6OS/c1-15-4-6-17(7-5-15)19-16(2)30-22-20(19)21(24-14-25-22)23-9-8-18(29)26-28-12-10-27(3)11-13-28/h4-7,14H,8-13H2,1-3H3,(H,26,29)(H,23,24,25). The van der Waals surface area contributed by atoms with E-state index in [4.69, 9.17) is 0 Å². The number of amides is 1. The fourth-order valence-electron chi connectivity index (χ4n) is 3.69. The second-order valence-electron chi connectivity index (χ2n) is 7.80. The van der Waals surface area contributed by atoms with E-state index >= 15 is 0 Å². The van der Waals surface area contributed by atoms with Crippen molar-refractivity contribution < 1.29 is 4.79 Å². The highest BCUT2D eigenvalue weighted by atomic mass is 32.1. The highest BCUT2D eigenvalue weighted by Gasteiger charge is 2.18. The van der Waals surface area contributed by atoms with Crippen molar-refractivity contribution in [3.63, 3.8) is 0 Å². The first kappa shape index (κ1) is 20.7. The lowest BCUT2D eigenvalue weighted by molar-refractivity contribution is -0.126. The third-order valence-electron chi connectivity index (χ3n) is 5.44. The molecule has 0 saturated carbocycles. The minimum absolute atomic E-state index is 0.0256. The van der Waals surface area contributed by atoms with Gasteiger partial charge in [-0.05, 0) is 26.5 Å². The Hall–Kier alpha value is -2.55. The van der Waals surface area contributed by atoms with Gasteiger partial charge < -0.3 is 10.2 Å². The van der Waals surface area contributed by atoms with Gasteiger partial charge in [0.1, 0.15) is 17.0 Å². The third kappa shape index (κ3) is 4.61. The van der Waals surface area contributed by atoms with Gasteiger partial charge in [0.25, 0.3) is 0 Å². The molecule has 1 saturated heterocycles. The Morgan fingerprint density at radius 3 is 2.57 bits per heavy atom. The van der Waals surface area contributed by atoms with Crippen LogP contribution in [0.5, 0.6) is 0 Å². The smallest absolute Gasteiger partial charge is 0.236 e. The van der Waals surface area contributed by atoms with Gasteiger partial charge in [0.2, 0.25) is 5.91 Å². The van der Waals surface area contributed by atoms with Crippen LogP contribution in [0.2, 0.25) is 0 Å². The minimum Gasteiger partial charge on any atom is -0.369 e. The largest absolute Gasteiger partial charge is 0.369 e. The van der Waals surface area contributed by atoms with Gasteiger partial charge in [-0.15, -0.1) is 11.3 Å². The molecule has 0 atom stereocenters. The van der Waals surface area contributed by atoms with Crippen molar-refractivity contribution in [3.8, 4) is 11.1 Å². The molecular formula is C22H28N6OS. The molecule has 2 N–H and O–H groups in total. The van der Waals surface area contributed by atoms with E-state index < -0.39 is 0 Å². The molecule has 2 aromatic heterocycles. The molecule has 0 bridgehead atoms. The van der Waals surface area contributed by atoms with Crippen LogP contribution in [0.15, 0.2) is 30.6 Å². The number of carbonyl (C=O) groups is 1. The predicted molar refractivity (Wildman–Crippen MR) is 123 cm³/mol. The van der Waals surface area contributed by atoms with Gasteiger partial charge in [-0.1, -0.05) is 29.8 Å². The molecule has 3 heterocycles. The number of likely N-dealkylation sites (N-methyl/N-ethyl adjacent to an activating group) is 1. The maximum absolute atomic E-state index is 12.3. The molecule has 4 rings (SSSR count). The van der Waals surface area contributed by atoms with Gasteiger partial charge in [-0.2, -0.15) is 0 Å². The van der Waals surface area contributed by atoms with Crippen molar-refractivity contribution in [1.82, 2.24) is 25.3 Å². The number of anilines is 1. The van der Waals surface area contributed by atoms with E-state index in [9.17, 15) is 4.79 Å². The molecule has 1 fully saturated rings. The van der Waals surface area contributed by atoms with Gasteiger partial charge in [-0.3, -0.25) is 10.2 Å². The maximum Gasteiger partial charge on any atom is 0.236 e. The molecule has 0 spiro atoms. The van der Waals surface area contributed by atoms with E-state index in [2.05, 4.69) is 70.8 Å². The number of thiophene rings is 1. The molecule has 3 aromatic rings. The zero-order valence-corrected chi connectivity index (χ0v) is 18.6. The molecule has 1 amide bonds. The van der Waals surface area contributed by atoms with Gasteiger partial charge in [0.15, 0.2) is 0 Å². The van der Waals surface area contributed by atoms with Crippen LogP contribution in [0.4, 0.5) is 5.82 Å². The summed E-state index contributed by atoms with van der Waals surface area (Å²) in [6.07, 6.45) is 1.98. The number of benzene rings is 1. The Bertz CT molecular complexity index is 1020. The first-order valence-electron chi connectivity index (χ1n) is 10.3. The van der Waals surface area contributed by atoms with E-state index in [-0.39, 0.29) is 5.91 Å². The molecule has 30 heavy (non-hydrogen) atoms. The Labute approximate surface area is 181 Å². The Morgan fingerprint density at radius 2 is 1.83 bits per heavy atom. The van der Waals surface area contributed by atoms with Crippen LogP contribution in [-0.4, -0.2) is 65.6 Å². The summed E-state index contributed by atoms with van der Waals surface area (Å²) in [5.41, 5.74) is 6.57. The van der Waals surface area contributed by atoms with Gasteiger partial charge in [0, 0.05) is 49.6 Å². The lowest BCUT2D eigenvalue weighted by Gasteiger charge is -2.32. The molecule has 8 heteroatoms. The number of nitrogens with zero attached hydrogens (tertiary/aromatic N) is 4. The maximum atomic E-state index is 12.3. The number of carbonyl (C=O) groups excluding carboxylic acids is 1. The number of aryl methyl sites for hydroxylation is 2. The van der Waals surface area contributed by atoms with E-state index in [0.717, 1.165) is 47.8 Å². The Kier molecular flexibility index (Phi) is 6.26. The first-order chi connectivity index (χ1) is 14.5. The fourth-order valence-corrected chi connectivity index (χ4v) is 4.70. The zero-order chi connectivity index (χ0) is 21.1. The first-order valence-corrected chi connectivity index (χ1v) is 11.1. The normalized spacial score (nSPS) is 15.4. The van der Waals surface area contributed by atoms with Crippen molar-refractivity contribution in [2.45, 2.75) is 20.3 Å². The molecule has 1 aliphatic heterocycles. The number of hydrogen-bond acceptors (Lipinski definition) is 7. The second-order valence-corrected chi connectivity index (χ2v) is 9.01. The number of piperazine rings is 1. The second kappa shape index (κ2) is 9.07.